The van der Waals surface area contributed by atoms with Gasteiger partial charge in [-0.1, -0.05) is 57.7 Å². The van der Waals surface area contributed by atoms with E-state index in [9.17, 15) is 42.3 Å². The highest BCUT2D eigenvalue weighted by molar-refractivity contribution is 5.96. The molecule has 4 amide bonds. The number of alkyl halides is 3. The van der Waals surface area contributed by atoms with Crippen molar-refractivity contribution in [1.82, 2.24) is 35.1 Å². The third kappa shape index (κ3) is 10.4. The average Bonchev–Trinajstić information content (AvgIpc) is 3.94. The number of amides is 4. The molecule has 3 aliphatic heterocycles. The Kier molecular flexibility index (Phi) is 14.8. The molecule has 2 saturated heterocycles. The summed E-state index contributed by atoms with van der Waals surface area (Å²) in [7, 11) is 2.74. The van der Waals surface area contributed by atoms with Gasteiger partial charge in [-0.2, -0.15) is 18.6 Å². The number of nitrogens with one attached hydrogen (secondary N) is 2. The largest absolute Gasteiger partial charge is 0.462 e. The van der Waals surface area contributed by atoms with Crippen LogP contribution in [0, 0.1) is 17.3 Å². The first-order valence-electron chi connectivity index (χ1n) is 23.4. The second-order valence-electron chi connectivity index (χ2n) is 19.3. The van der Waals surface area contributed by atoms with Crippen molar-refractivity contribution in [1.29, 1.82) is 0 Å². The van der Waals surface area contributed by atoms with Gasteiger partial charge in [-0.3, -0.25) is 29.2 Å². The molecule has 0 saturated carbocycles. The Bertz CT molecular complexity index is 2630. The minimum Gasteiger partial charge on any atom is -0.462 e. The van der Waals surface area contributed by atoms with Crippen molar-refractivity contribution >= 4 is 40.5 Å². The van der Waals surface area contributed by atoms with Crippen LogP contribution < -0.4 is 10.7 Å². The van der Waals surface area contributed by atoms with E-state index in [1.165, 1.54) is 4.90 Å². The van der Waals surface area contributed by atoms with Gasteiger partial charge in [0.25, 0.3) is 5.91 Å². The van der Waals surface area contributed by atoms with E-state index in [-0.39, 0.29) is 58.0 Å². The van der Waals surface area contributed by atoms with Gasteiger partial charge in [-0.15, -0.1) is 0 Å². The number of likely N-dealkylation sites (N-methyl/N-ethyl adjacent to an activating group) is 1. The van der Waals surface area contributed by atoms with Gasteiger partial charge in [-0.25, -0.2) is 4.79 Å². The molecule has 3 N–H and O–H groups in total. The summed E-state index contributed by atoms with van der Waals surface area (Å²) in [5.74, 6) is -7.61. The molecule has 3 aliphatic rings. The molecule has 18 heteroatoms. The predicted molar refractivity (Wildman–Crippen MR) is 251 cm³/mol. The third-order valence-corrected chi connectivity index (χ3v) is 13.8. The van der Waals surface area contributed by atoms with Gasteiger partial charge in [-0.05, 0) is 85.7 Å². The van der Waals surface area contributed by atoms with Crippen LogP contribution in [0.4, 0.5) is 13.2 Å². The van der Waals surface area contributed by atoms with Crippen molar-refractivity contribution in [2.75, 3.05) is 40.4 Å². The van der Waals surface area contributed by atoms with E-state index in [0.717, 1.165) is 74.5 Å². The first kappa shape index (κ1) is 50.8. The smallest absolute Gasteiger partial charge is 0.394 e. The van der Waals surface area contributed by atoms with Gasteiger partial charge < -0.3 is 34.3 Å². The molecule has 4 aromatic rings. The lowest BCUT2D eigenvalue weighted by atomic mass is 9.84. The molecule has 0 radical (unpaired) electrons. The molecule has 7 rings (SSSR count). The summed E-state index contributed by atoms with van der Waals surface area (Å²) in [6.45, 7) is 12.7. The zero-order valence-corrected chi connectivity index (χ0v) is 40.2. The number of esters is 1. The zero-order valence-electron chi connectivity index (χ0n) is 40.2. The van der Waals surface area contributed by atoms with Crippen molar-refractivity contribution in [2.45, 2.75) is 103 Å². The first-order chi connectivity index (χ1) is 32.6. The van der Waals surface area contributed by atoms with E-state index in [2.05, 4.69) is 34.9 Å². The van der Waals surface area contributed by atoms with Gasteiger partial charge in [0, 0.05) is 81.3 Å². The van der Waals surface area contributed by atoms with E-state index >= 15 is 0 Å². The number of aliphatic hydroxyl groups is 1. The van der Waals surface area contributed by atoms with Crippen molar-refractivity contribution < 1.29 is 51.7 Å². The number of nitrogens with zero attached hydrogens (tertiary/aromatic N) is 5. The Morgan fingerprint density at radius 2 is 1.84 bits per heavy atom. The van der Waals surface area contributed by atoms with Gasteiger partial charge in [0.15, 0.2) is 0 Å². The fraction of sp³-hybridized carbons (Fsp3) is 0.490. The number of hydrazine groups is 1. The number of fused-ring (bicyclic) bond motifs is 6. The van der Waals surface area contributed by atoms with E-state index in [4.69, 9.17) is 14.5 Å². The average molecular weight is 958 g/mol. The molecule has 6 bridgehead atoms. The number of ether oxygens (including phenoxy) is 2. The van der Waals surface area contributed by atoms with Gasteiger partial charge in [0.05, 0.1) is 35.9 Å². The summed E-state index contributed by atoms with van der Waals surface area (Å²) in [5, 5.41) is 16.3. The molecule has 2 aromatic carbocycles. The number of hydrogen-bond donors (Lipinski definition) is 3. The molecular weight excluding hydrogens is 896 g/mol. The van der Waals surface area contributed by atoms with Gasteiger partial charge in [0.2, 0.25) is 23.4 Å². The van der Waals surface area contributed by atoms with Gasteiger partial charge >= 0.3 is 12.1 Å². The number of pyridine rings is 1. The van der Waals surface area contributed by atoms with Gasteiger partial charge in [0.1, 0.15) is 12.1 Å². The van der Waals surface area contributed by atoms with Crippen LogP contribution in [0.25, 0.3) is 33.3 Å². The molecule has 5 heterocycles. The van der Waals surface area contributed by atoms with Crippen LogP contribution in [0.5, 0.6) is 0 Å². The summed E-state index contributed by atoms with van der Waals surface area (Å²) in [4.78, 5) is 76.1. The minimum atomic E-state index is -4.95. The molecule has 69 heavy (non-hydrogen) atoms. The fourth-order valence-corrected chi connectivity index (χ4v) is 9.92. The maximum absolute atomic E-state index is 14.7. The lowest BCUT2D eigenvalue weighted by Gasteiger charge is -2.40. The van der Waals surface area contributed by atoms with Crippen LogP contribution in [0.1, 0.15) is 76.8 Å². The fourth-order valence-electron chi connectivity index (χ4n) is 9.92. The molecule has 6 atom stereocenters. The molecule has 0 unspecified atom stereocenters. The predicted octanol–water partition coefficient (Wildman–Crippen LogP) is 6.13. The summed E-state index contributed by atoms with van der Waals surface area (Å²) in [6.07, 6.45) is -2.13. The molecular formula is C51H62F3N7O8. The van der Waals surface area contributed by atoms with Crippen LogP contribution in [-0.4, -0.2) is 123 Å². The highest BCUT2D eigenvalue weighted by atomic mass is 19.4. The number of methoxy groups -OCH3 is 1. The quantitative estimate of drug-likeness (QED) is 0.124. The standard InChI is InChI=1S/C51H62F3N7O8/c1-9-41(62)59-23-19-35(28-59)46(64)58(7)43(30(3)51(52,53)54)45(63)56-39-25-32-14-11-15-33(24-32)34-17-18-40-37(26-34)38(44(60(40)10-2)36-16-12-21-55-42(36)31(4)68-8)27-49(5,6)29-69-48(66)50(67)20-13-22-61(57-50)47(39)65/h9,11-12,14-18,21,24,26,30-31,35,39,43,57,67H,1,10,13,19-20,22-23,25,27-29H2,2-8H3,(H,56,63)/t30-,31-,35-,39-,43-,50-/m0/s1. The molecule has 2 fully saturated rings. The number of halogens is 3. The highest BCUT2D eigenvalue weighted by Gasteiger charge is 2.50. The lowest BCUT2D eigenvalue weighted by molar-refractivity contribution is -0.191. The normalized spacial score (nSPS) is 22.3. The Balaban J connectivity index is 1.33. The number of rotatable bonds is 10. The minimum absolute atomic E-state index is 0.0350. The topological polar surface area (TPSA) is 176 Å². The number of carbonyl (C=O) groups excluding carboxylic acids is 5. The molecule has 0 aliphatic carbocycles. The van der Waals surface area contributed by atoms with Crippen LogP contribution in [0.15, 0.2) is 73.4 Å². The molecule has 2 aromatic heterocycles. The van der Waals surface area contributed by atoms with Crippen molar-refractivity contribution in [3.05, 3.63) is 90.3 Å². The van der Waals surface area contributed by atoms with Crippen molar-refractivity contribution in [3.8, 4) is 22.4 Å². The second kappa shape index (κ2) is 20.1. The summed E-state index contributed by atoms with van der Waals surface area (Å²) >= 11 is 0. The third-order valence-electron chi connectivity index (χ3n) is 13.8. The number of benzene rings is 2. The van der Waals surface area contributed by atoms with Crippen LogP contribution >= 0.6 is 0 Å². The van der Waals surface area contributed by atoms with E-state index in [0.29, 0.717) is 18.5 Å². The Labute approximate surface area is 400 Å². The summed E-state index contributed by atoms with van der Waals surface area (Å²) in [5.41, 5.74) is 6.11. The highest BCUT2D eigenvalue weighted by Crippen LogP contribution is 2.42. The number of hydrogen-bond acceptors (Lipinski definition) is 10. The van der Waals surface area contributed by atoms with Crippen LogP contribution in [0.3, 0.4) is 0 Å². The Morgan fingerprint density at radius 1 is 1.10 bits per heavy atom. The molecule has 0 spiro atoms. The Morgan fingerprint density at radius 3 is 2.54 bits per heavy atom. The number of carbonyl (C=O) groups is 5. The SMILES string of the molecule is C=CC(=O)N1CC[C@H](C(=O)N(C)[C@H](C(=O)N[C@H]2Cc3cccc(c3)-c3ccc4c(c3)c(c(-c3cccnc3[C@H](C)OC)n4CC)CC(C)(C)COC(=O)[C@@]3(O)CCCN(N3)C2=O)[C@H](C)C(F)(F)F)C1. The van der Waals surface area contributed by atoms with E-state index in [1.54, 1.807) is 25.4 Å². The Hall–Kier alpha value is -6.11. The zero-order chi connectivity index (χ0) is 50.2. The van der Waals surface area contributed by atoms with Crippen molar-refractivity contribution in [3.63, 3.8) is 0 Å². The second-order valence-corrected chi connectivity index (χ2v) is 19.3. The lowest BCUT2D eigenvalue weighted by Crippen LogP contribution is -2.67. The number of likely N-dealkylation sites (tertiary alicyclic amines) is 1. The molecule has 370 valence electrons. The first-order valence-corrected chi connectivity index (χ1v) is 23.4. The summed E-state index contributed by atoms with van der Waals surface area (Å²) < 4.78 is 57.9. The number of aromatic nitrogens is 2. The summed E-state index contributed by atoms with van der Waals surface area (Å²) in [6, 6.07) is 13.6. The van der Waals surface area contributed by atoms with E-state index in [1.807, 2.05) is 57.2 Å². The van der Waals surface area contributed by atoms with Crippen LogP contribution in [0.2, 0.25) is 0 Å². The van der Waals surface area contributed by atoms with E-state index < -0.39 is 70.8 Å². The maximum atomic E-state index is 14.7. The van der Waals surface area contributed by atoms with Crippen LogP contribution in [-0.2, 0) is 52.8 Å². The maximum Gasteiger partial charge on any atom is 0.394 e. The monoisotopic (exact) mass is 957 g/mol. The van der Waals surface area contributed by atoms with Crippen molar-refractivity contribution in [2.24, 2.45) is 17.3 Å². The molecule has 15 nitrogen and oxygen atoms in total. The number of aryl methyl sites for hydroxylation is 1. The number of cyclic esters (lactones) is 1.